The standard InChI is InChI=1S/C17H32O2/c1-2-3-4-5-6-7-8-13-17(18)19-15-14-16-11-9-10-12-16/h16H,2-15H2,1H3. The van der Waals surface area contributed by atoms with Crippen LogP contribution in [-0.4, -0.2) is 12.6 Å². The van der Waals surface area contributed by atoms with Crippen LogP contribution in [0.25, 0.3) is 0 Å². The minimum Gasteiger partial charge on any atom is -0.466 e. The van der Waals surface area contributed by atoms with Crippen LogP contribution in [0.4, 0.5) is 0 Å². The molecule has 2 nitrogen and oxygen atoms in total. The first-order valence-corrected chi connectivity index (χ1v) is 8.48. The number of unbranched alkanes of at least 4 members (excludes halogenated alkanes) is 6. The third kappa shape index (κ3) is 9.07. The molecule has 0 aromatic carbocycles. The third-order valence-corrected chi connectivity index (χ3v) is 4.25. The number of carbonyl (C=O) groups is 1. The summed E-state index contributed by atoms with van der Waals surface area (Å²) in [4.78, 5) is 11.5. The Bertz CT molecular complexity index is 219. The van der Waals surface area contributed by atoms with Gasteiger partial charge in [0.2, 0.25) is 0 Å². The molecule has 0 aromatic heterocycles. The summed E-state index contributed by atoms with van der Waals surface area (Å²) >= 11 is 0. The van der Waals surface area contributed by atoms with Crippen molar-refractivity contribution in [2.24, 2.45) is 5.92 Å². The average molecular weight is 268 g/mol. The van der Waals surface area contributed by atoms with E-state index < -0.39 is 0 Å². The molecular formula is C17H32O2. The minimum atomic E-state index is 0.0200. The van der Waals surface area contributed by atoms with E-state index in [0.29, 0.717) is 13.0 Å². The molecule has 1 rings (SSSR count). The molecule has 0 aromatic rings. The Balaban J connectivity index is 1.82. The van der Waals surface area contributed by atoms with Crippen molar-refractivity contribution in [3.05, 3.63) is 0 Å². The van der Waals surface area contributed by atoms with E-state index in [0.717, 1.165) is 18.8 Å². The van der Waals surface area contributed by atoms with E-state index in [1.807, 2.05) is 0 Å². The first kappa shape index (κ1) is 16.5. The maximum absolute atomic E-state index is 11.5. The summed E-state index contributed by atoms with van der Waals surface area (Å²) in [6, 6.07) is 0. The van der Waals surface area contributed by atoms with Crippen molar-refractivity contribution in [1.29, 1.82) is 0 Å². The molecule has 0 aliphatic heterocycles. The SMILES string of the molecule is CCCCCCCCCC(=O)OCCC1CCCC1. The lowest BCUT2D eigenvalue weighted by Crippen LogP contribution is -2.08. The Morgan fingerprint density at radius 1 is 1.00 bits per heavy atom. The smallest absolute Gasteiger partial charge is 0.305 e. The maximum Gasteiger partial charge on any atom is 0.305 e. The molecule has 112 valence electrons. The van der Waals surface area contributed by atoms with Gasteiger partial charge in [0.25, 0.3) is 0 Å². The van der Waals surface area contributed by atoms with Gasteiger partial charge in [0.1, 0.15) is 0 Å². The summed E-state index contributed by atoms with van der Waals surface area (Å²) in [5, 5.41) is 0. The molecule has 1 aliphatic rings. The Labute approximate surface area is 119 Å². The number of hydrogen-bond acceptors (Lipinski definition) is 2. The number of esters is 1. The number of hydrogen-bond donors (Lipinski definition) is 0. The molecular weight excluding hydrogens is 236 g/mol. The fourth-order valence-corrected chi connectivity index (χ4v) is 2.94. The summed E-state index contributed by atoms with van der Waals surface area (Å²) in [5.74, 6) is 0.845. The minimum absolute atomic E-state index is 0.0200. The molecule has 19 heavy (non-hydrogen) atoms. The zero-order chi connectivity index (χ0) is 13.8. The van der Waals surface area contributed by atoms with Crippen molar-refractivity contribution in [2.45, 2.75) is 90.4 Å². The van der Waals surface area contributed by atoms with E-state index in [1.54, 1.807) is 0 Å². The average Bonchev–Trinajstić information content (AvgIpc) is 2.91. The largest absolute Gasteiger partial charge is 0.466 e. The lowest BCUT2D eigenvalue weighted by atomic mass is 10.1. The van der Waals surface area contributed by atoms with Crippen molar-refractivity contribution in [3.63, 3.8) is 0 Å². The molecule has 0 atom stereocenters. The highest BCUT2D eigenvalue weighted by atomic mass is 16.5. The molecule has 0 radical (unpaired) electrons. The van der Waals surface area contributed by atoms with Crippen molar-refractivity contribution >= 4 is 5.97 Å². The van der Waals surface area contributed by atoms with Gasteiger partial charge in [-0.15, -0.1) is 0 Å². The fourth-order valence-electron chi connectivity index (χ4n) is 2.94. The van der Waals surface area contributed by atoms with Gasteiger partial charge in [-0.2, -0.15) is 0 Å². The Morgan fingerprint density at radius 3 is 2.32 bits per heavy atom. The van der Waals surface area contributed by atoms with Gasteiger partial charge in [0.15, 0.2) is 0 Å². The predicted molar refractivity (Wildman–Crippen MR) is 80.1 cm³/mol. The van der Waals surface area contributed by atoms with Crippen LogP contribution in [0.15, 0.2) is 0 Å². The highest BCUT2D eigenvalue weighted by Crippen LogP contribution is 2.27. The third-order valence-electron chi connectivity index (χ3n) is 4.25. The second-order valence-electron chi connectivity index (χ2n) is 6.03. The predicted octanol–water partition coefficient (Wildman–Crippen LogP) is 5.25. The van der Waals surface area contributed by atoms with E-state index >= 15 is 0 Å². The van der Waals surface area contributed by atoms with Gasteiger partial charge < -0.3 is 4.74 Å². The number of rotatable bonds is 11. The zero-order valence-electron chi connectivity index (χ0n) is 12.8. The second-order valence-corrected chi connectivity index (χ2v) is 6.03. The summed E-state index contributed by atoms with van der Waals surface area (Å²) in [5.41, 5.74) is 0. The monoisotopic (exact) mass is 268 g/mol. The van der Waals surface area contributed by atoms with Crippen LogP contribution in [0, 0.1) is 5.92 Å². The molecule has 2 heteroatoms. The maximum atomic E-state index is 11.5. The van der Waals surface area contributed by atoms with Gasteiger partial charge in [-0.25, -0.2) is 0 Å². The Morgan fingerprint density at radius 2 is 1.63 bits per heavy atom. The zero-order valence-corrected chi connectivity index (χ0v) is 12.8. The van der Waals surface area contributed by atoms with E-state index in [2.05, 4.69) is 6.92 Å². The molecule has 1 fully saturated rings. The molecule has 0 bridgehead atoms. The molecule has 0 unspecified atom stereocenters. The van der Waals surface area contributed by atoms with Crippen molar-refractivity contribution in [1.82, 2.24) is 0 Å². The van der Waals surface area contributed by atoms with Crippen LogP contribution in [0.1, 0.15) is 90.4 Å². The normalized spacial score (nSPS) is 15.8. The van der Waals surface area contributed by atoms with Gasteiger partial charge in [-0.1, -0.05) is 71.1 Å². The fraction of sp³-hybridized carbons (Fsp3) is 0.941. The molecule has 1 saturated carbocycles. The van der Waals surface area contributed by atoms with Gasteiger partial charge in [0, 0.05) is 6.42 Å². The van der Waals surface area contributed by atoms with E-state index in [1.165, 1.54) is 64.2 Å². The summed E-state index contributed by atoms with van der Waals surface area (Å²) in [6.45, 7) is 2.89. The van der Waals surface area contributed by atoms with Gasteiger partial charge in [0.05, 0.1) is 6.61 Å². The van der Waals surface area contributed by atoms with Gasteiger partial charge >= 0.3 is 5.97 Å². The van der Waals surface area contributed by atoms with Crippen LogP contribution in [-0.2, 0) is 9.53 Å². The van der Waals surface area contributed by atoms with Crippen LogP contribution < -0.4 is 0 Å². The second kappa shape index (κ2) is 11.3. The van der Waals surface area contributed by atoms with Crippen molar-refractivity contribution < 1.29 is 9.53 Å². The molecule has 0 heterocycles. The quantitative estimate of drug-likeness (QED) is 0.378. The number of carbonyl (C=O) groups excluding carboxylic acids is 1. The van der Waals surface area contributed by atoms with Crippen LogP contribution in [0.5, 0.6) is 0 Å². The molecule has 0 amide bonds. The Hall–Kier alpha value is -0.530. The van der Waals surface area contributed by atoms with Crippen LogP contribution >= 0.6 is 0 Å². The van der Waals surface area contributed by atoms with Gasteiger partial charge in [-0.3, -0.25) is 4.79 Å². The first-order valence-electron chi connectivity index (χ1n) is 8.48. The highest BCUT2D eigenvalue weighted by molar-refractivity contribution is 5.69. The summed E-state index contributed by atoms with van der Waals surface area (Å²) in [6.07, 6.45) is 15.9. The topological polar surface area (TPSA) is 26.3 Å². The molecule has 0 saturated heterocycles. The van der Waals surface area contributed by atoms with Crippen LogP contribution in [0.3, 0.4) is 0 Å². The Kier molecular flexibility index (Phi) is 9.84. The summed E-state index contributed by atoms with van der Waals surface area (Å²) in [7, 11) is 0. The molecule has 0 spiro atoms. The first-order chi connectivity index (χ1) is 9.33. The lowest BCUT2D eigenvalue weighted by molar-refractivity contribution is -0.144. The molecule has 0 N–H and O–H groups in total. The number of ether oxygens (including phenoxy) is 1. The summed E-state index contributed by atoms with van der Waals surface area (Å²) < 4.78 is 5.31. The van der Waals surface area contributed by atoms with Gasteiger partial charge in [-0.05, 0) is 18.8 Å². The van der Waals surface area contributed by atoms with Crippen molar-refractivity contribution in [3.8, 4) is 0 Å². The highest BCUT2D eigenvalue weighted by Gasteiger charge is 2.15. The van der Waals surface area contributed by atoms with E-state index in [4.69, 9.17) is 4.74 Å². The van der Waals surface area contributed by atoms with Crippen LogP contribution in [0.2, 0.25) is 0 Å². The van der Waals surface area contributed by atoms with Crippen molar-refractivity contribution in [2.75, 3.05) is 6.61 Å². The van der Waals surface area contributed by atoms with E-state index in [9.17, 15) is 4.79 Å². The molecule has 1 aliphatic carbocycles. The lowest BCUT2D eigenvalue weighted by Gasteiger charge is -2.09. The van der Waals surface area contributed by atoms with E-state index in [-0.39, 0.29) is 5.97 Å².